The van der Waals surface area contributed by atoms with Crippen molar-refractivity contribution in [2.75, 3.05) is 51.2 Å². The van der Waals surface area contributed by atoms with Crippen molar-refractivity contribution in [1.29, 1.82) is 0 Å². The van der Waals surface area contributed by atoms with Gasteiger partial charge in [-0.3, -0.25) is 19.2 Å². The zero-order valence-electron chi connectivity index (χ0n) is 26.5. The molecule has 0 aliphatic carbocycles. The van der Waals surface area contributed by atoms with Gasteiger partial charge in [0.2, 0.25) is 0 Å². The van der Waals surface area contributed by atoms with E-state index in [4.69, 9.17) is 4.74 Å². The van der Waals surface area contributed by atoms with Crippen molar-refractivity contribution in [2.45, 2.75) is 47.6 Å². The molecule has 0 spiro atoms. The molecule has 1 aromatic heterocycles. The fraction of sp³-hybridized carbons (Fsp3) is 0.485. The highest BCUT2D eigenvalue weighted by molar-refractivity contribution is 5.95. The minimum Gasteiger partial charge on any atom is -0.483 e. The molecule has 2 aliphatic heterocycles. The number of amides is 2. The molecule has 2 aliphatic rings. The maximum Gasteiger partial charge on any atom is 0.260 e. The van der Waals surface area contributed by atoms with Crippen LogP contribution in [0.25, 0.3) is 0 Å². The van der Waals surface area contributed by atoms with Crippen LogP contribution in [-0.2, 0) is 18.4 Å². The minimum absolute atomic E-state index is 0.00196. The second-order valence-electron chi connectivity index (χ2n) is 11.7. The number of carbonyl (C=O) groups is 2. The average Bonchev–Trinajstić information content (AvgIpc) is 3.19. The summed E-state index contributed by atoms with van der Waals surface area (Å²) in [6.07, 6.45) is 4.67. The van der Waals surface area contributed by atoms with E-state index in [2.05, 4.69) is 62.4 Å². The van der Waals surface area contributed by atoms with Crippen LogP contribution in [0.4, 0.5) is 5.82 Å². The Balaban J connectivity index is 0.00000116. The van der Waals surface area contributed by atoms with Crippen molar-refractivity contribution in [1.82, 2.24) is 24.5 Å². The van der Waals surface area contributed by atoms with E-state index in [-0.39, 0.29) is 18.4 Å². The minimum atomic E-state index is -0.0882. The predicted octanol–water partition coefficient (Wildman–Crippen LogP) is 5.26. The Kier molecular flexibility index (Phi) is 13.1. The molecule has 1 saturated heterocycles. The van der Waals surface area contributed by atoms with Crippen LogP contribution in [0.3, 0.4) is 0 Å². The quantitative estimate of drug-likeness (QED) is 0.471. The Labute approximate surface area is 252 Å². The molecular formula is C33H50N6O3. The second kappa shape index (κ2) is 16.0. The highest BCUT2D eigenvalue weighted by atomic mass is 16.5. The first-order valence-corrected chi connectivity index (χ1v) is 14.5. The number of allylic oxidation sites excluding steroid dienone is 1. The summed E-state index contributed by atoms with van der Waals surface area (Å²) >= 11 is 0. The molecular weight excluding hydrogens is 528 g/mol. The third kappa shape index (κ3) is 9.91. The van der Waals surface area contributed by atoms with Crippen molar-refractivity contribution in [3.63, 3.8) is 0 Å². The molecule has 0 saturated carbocycles. The van der Waals surface area contributed by atoms with Gasteiger partial charge in [-0.25, -0.2) is 0 Å². The molecule has 0 radical (unpaired) electrons. The first-order valence-electron chi connectivity index (χ1n) is 14.5. The average molecular weight is 579 g/mol. The number of aromatic nitrogens is 2. The summed E-state index contributed by atoms with van der Waals surface area (Å²) in [4.78, 5) is 32.1. The third-order valence-electron chi connectivity index (χ3n) is 7.02. The monoisotopic (exact) mass is 578 g/mol. The van der Waals surface area contributed by atoms with Gasteiger partial charge in [-0.1, -0.05) is 33.4 Å². The number of anilines is 1. The van der Waals surface area contributed by atoms with Crippen LogP contribution in [0.2, 0.25) is 0 Å². The highest BCUT2D eigenvalue weighted by Crippen LogP contribution is 2.25. The summed E-state index contributed by atoms with van der Waals surface area (Å²) < 4.78 is 7.62. The lowest BCUT2D eigenvalue weighted by Gasteiger charge is -2.35. The number of carbonyl (C=O) groups excluding carboxylic acids is 2. The lowest BCUT2D eigenvalue weighted by Crippen LogP contribution is -2.50. The second-order valence-corrected chi connectivity index (χ2v) is 11.7. The Morgan fingerprint density at radius 3 is 2.33 bits per heavy atom. The number of aryl methyl sites for hydroxylation is 2. The molecule has 230 valence electrons. The molecule has 0 atom stereocenters. The zero-order valence-corrected chi connectivity index (χ0v) is 26.5. The Bertz CT molecular complexity index is 1220. The van der Waals surface area contributed by atoms with Gasteiger partial charge in [-0.15, -0.1) is 19.7 Å². The maximum absolute atomic E-state index is 13.3. The lowest BCUT2D eigenvalue weighted by atomic mass is 9.92. The van der Waals surface area contributed by atoms with E-state index in [1.165, 1.54) is 0 Å². The van der Waals surface area contributed by atoms with Crippen LogP contribution < -0.4 is 10.1 Å². The van der Waals surface area contributed by atoms with E-state index in [0.717, 1.165) is 61.8 Å². The van der Waals surface area contributed by atoms with E-state index in [9.17, 15) is 9.59 Å². The Morgan fingerprint density at radius 1 is 1.10 bits per heavy atom. The molecule has 1 fully saturated rings. The van der Waals surface area contributed by atoms with E-state index in [1.807, 2.05) is 31.9 Å². The number of nitrogens with zero attached hydrogens (tertiary/aromatic N) is 5. The van der Waals surface area contributed by atoms with Gasteiger partial charge in [-0.05, 0) is 56.0 Å². The maximum atomic E-state index is 13.3. The largest absolute Gasteiger partial charge is 0.483 e. The van der Waals surface area contributed by atoms with Gasteiger partial charge in [-0.2, -0.15) is 5.10 Å². The summed E-state index contributed by atoms with van der Waals surface area (Å²) in [6.45, 7) is 29.1. The molecule has 4 rings (SSSR count). The number of hydrogen-bond donors (Lipinski definition) is 1. The van der Waals surface area contributed by atoms with Gasteiger partial charge in [0, 0.05) is 50.1 Å². The van der Waals surface area contributed by atoms with Gasteiger partial charge in [0.15, 0.2) is 6.61 Å². The summed E-state index contributed by atoms with van der Waals surface area (Å²) in [7, 11) is 1.86. The molecule has 42 heavy (non-hydrogen) atoms. The van der Waals surface area contributed by atoms with E-state index < -0.39 is 0 Å². The first kappa shape index (κ1) is 34.4. The van der Waals surface area contributed by atoms with Crippen molar-refractivity contribution >= 4 is 17.6 Å². The summed E-state index contributed by atoms with van der Waals surface area (Å²) in [6, 6.07) is 5.36. The van der Waals surface area contributed by atoms with Crippen LogP contribution in [0.5, 0.6) is 5.75 Å². The fourth-order valence-electron chi connectivity index (χ4n) is 4.67. The standard InChI is InChI=1S/C28H40N6O3.C3H6.C2H4/c1-20-15-22(27(36)34-17-21(2)30-26-23(18-34)16-29-31(26)6)7-8-24(20)37-19-25(35)33-13-11-32(12-14-33)10-9-28(3,4)5;1-3-2;1-2/h7-8,15-16,30H,2,9-14,17-19H2,1,3-6H3;3H,1H2,2H3;1-2H2. The van der Waals surface area contributed by atoms with E-state index in [1.54, 1.807) is 34.0 Å². The number of piperazine rings is 1. The van der Waals surface area contributed by atoms with Gasteiger partial charge in [0.25, 0.3) is 11.8 Å². The number of fused-ring (bicyclic) bond motifs is 1. The van der Waals surface area contributed by atoms with Crippen LogP contribution in [0, 0.1) is 12.3 Å². The van der Waals surface area contributed by atoms with Crippen LogP contribution in [0.15, 0.2) is 62.5 Å². The number of hydrogen-bond acceptors (Lipinski definition) is 6. The predicted molar refractivity (Wildman–Crippen MR) is 172 cm³/mol. The normalized spacial score (nSPS) is 15.1. The fourth-order valence-corrected chi connectivity index (χ4v) is 4.67. The van der Waals surface area contributed by atoms with Crippen LogP contribution in [0.1, 0.15) is 55.6 Å². The molecule has 0 bridgehead atoms. The lowest BCUT2D eigenvalue weighted by molar-refractivity contribution is -0.135. The molecule has 2 amide bonds. The summed E-state index contributed by atoms with van der Waals surface area (Å²) in [5, 5.41) is 7.53. The molecule has 9 nitrogen and oxygen atoms in total. The van der Waals surface area contributed by atoms with Crippen molar-refractivity contribution in [3.05, 3.63) is 79.2 Å². The Morgan fingerprint density at radius 2 is 1.74 bits per heavy atom. The number of ether oxygens (including phenoxy) is 1. The van der Waals surface area contributed by atoms with Gasteiger partial charge >= 0.3 is 0 Å². The van der Waals surface area contributed by atoms with Crippen molar-refractivity contribution < 1.29 is 14.3 Å². The van der Waals surface area contributed by atoms with Crippen LogP contribution >= 0.6 is 0 Å². The van der Waals surface area contributed by atoms with Crippen molar-refractivity contribution in [3.8, 4) is 5.75 Å². The van der Waals surface area contributed by atoms with E-state index >= 15 is 0 Å². The molecule has 3 heterocycles. The van der Waals surface area contributed by atoms with Gasteiger partial charge in [0.1, 0.15) is 11.6 Å². The summed E-state index contributed by atoms with van der Waals surface area (Å²) in [5.74, 6) is 1.38. The molecule has 1 aromatic carbocycles. The molecule has 2 aromatic rings. The topological polar surface area (TPSA) is 82.9 Å². The molecule has 1 N–H and O–H groups in total. The summed E-state index contributed by atoms with van der Waals surface area (Å²) in [5.41, 5.74) is 3.39. The number of rotatable bonds is 6. The number of nitrogens with one attached hydrogen (secondary N) is 1. The van der Waals surface area contributed by atoms with Crippen LogP contribution in [-0.4, -0.2) is 82.2 Å². The smallest absolute Gasteiger partial charge is 0.260 e. The SMILES string of the molecule is C=C.C=C1CN(C(=O)c2ccc(OCC(=O)N3CCN(CCC(C)(C)C)CC3)c(C)c2)Cc2cnn(C)c2N1.C=CC. The molecule has 9 heteroatoms. The van der Waals surface area contributed by atoms with Gasteiger partial charge < -0.3 is 19.9 Å². The zero-order chi connectivity index (χ0) is 31.4. The Hall–Kier alpha value is -3.85. The third-order valence-corrected chi connectivity index (χ3v) is 7.02. The van der Waals surface area contributed by atoms with Crippen molar-refractivity contribution in [2.24, 2.45) is 12.5 Å². The first-order chi connectivity index (χ1) is 19.9. The highest BCUT2D eigenvalue weighted by Gasteiger charge is 2.25. The number of benzene rings is 1. The van der Waals surface area contributed by atoms with Gasteiger partial charge in [0.05, 0.1) is 19.3 Å². The molecule has 0 unspecified atom stereocenters. The van der Waals surface area contributed by atoms with E-state index in [0.29, 0.717) is 29.8 Å².